The first kappa shape index (κ1) is 21.5. The average Bonchev–Trinajstić information content (AvgIpc) is 3.55. The first-order valence-electron chi connectivity index (χ1n) is 10.7. The monoisotopic (exact) mass is 475 g/mol. The molecule has 2 atom stereocenters. The summed E-state index contributed by atoms with van der Waals surface area (Å²) in [7, 11) is -3.03. The number of fused-ring (bicyclic) bond motifs is 1. The Bertz CT molecular complexity index is 1230. The molecule has 3 aromatic rings. The molecule has 9 nitrogen and oxygen atoms in total. The minimum absolute atomic E-state index is 0.0172. The van der Waals surface area contributed by atoms with E-state index in [9.17, 15) is 13.2 Å². The SMILES string of the molecule is O=C(CSc1nnc(-c2c[nH]c3ccccc23)n1CC1CCCO1)NC1CCS(=O)(=O)C1. The Balaban J connectivity index is 1.35. The molecule has 2 aliphatic heterocycles. The zero-order valence-electron chi connectivity index (χ0n) is 17.5. The van der Waals surface area contributed by atoms with Gasteiger partial charge in [0, 0.05) is 35.3 Å². The molecule has 2 fully saturated rings. The van der Waals surface area contributed by atoms with Crippen LogP contribution in [0.1, 0.15) is 19.3 Å². The number of hydrogen-bond donors (Lipinski definition) is 2. The standard InChI is InChI=1S/C21H25N5O4S2/c27-19(23-14-7-9-32(28,29)13-14)12-31-21-25-24-20(26(21)11-15-4-3-8-30-15)17-10-22-18-6-2-1-5-16(17)18/h1-2,5-6,10,14-15,22H,3-4,7-9,11-13H2,(H,23,27). The van der Waals surface area contributed by atoms with Crippen LogP contribution in [0.2, 0.25) is 0 Å². The Kier molecular flexibility index (Phi) is 5.95. The van der Waals surface area contributed by atoms with Crippen molar-refractivity contribution in [3.05, 3.63) is 30.5 Å². The molecule has 2 aromatic heterocycles. The van der Waals surface area contributed by atoms with Crippen LogP contribution in [0.3, 0.4) is 0 Å². The number of rotatable bonds is 7. The molecular weight excluding hydrogens is 450 g/mol. The van der Waals surface area contributed by atoms with Crippen LogP contribution in [0.25, 0.3) is 22.3 Å². The molecule has 0 bridgehead atoms. The molecular formula is C21H25N5O4S2. The topological polar surface area (TPSA) is 119 Å². The Morgan fingerprint density at radius 2 is 2.16 bits per heavy atom. The summed E-state index contributed by atoms with van der Waals surface area (Å²) in [5.41, 5.74) is 1.98. The zero-order chi connectivity index (χ0) is 22.1. The predicted molar refractivity (Wildman–Crippen MR) is 122 cm³/mol. The van der Waals surface area contributed by atoms with Crippen molar-refractivity contribution in [3.8, 4) is 11.4 Å². The lowest BCUT2D eigenvalue weighted by Crippen LogP contribution is -2.36. The van der Waals surface area contributed by atoms with Gasteiger partial charge in [0.25, 0.3) is 0 Å². The second-order valence-corrected chi connectivity index (χ2v) is 11.4. The molecule has 5 rings (SSSR count). The number of aromatic amines is 1. The Labute approximate surface area is 190 Å². The van der Waals surface area contributed by atoms with Crippen molar-refractivity contribution in [2.75, 3.05) is 23.9 Å². The predicted octanol–water partition coefficient (Wildman–Crippen LogP) is 2.00. The van der Waals surface area contributed by atoms with Crippen molar-refractivity contribution < 1.29 is 17.9 Å². The number of carbonyl (C=O) groups excluding carboxylic acids is 1. The second-order valence-electron chi connectivity index (χ2n) is 8.26. The number of amides is 1. The number of carbonyl (C=O) groups is 1. The lowest BCUT2D eigenvalue weighted by Gasteiger charge is -2.15. The van der Waals surface area contributed by atoms with Crippen molar-refractivity contribution in [1.82, 2.24) is 25.1 Å². The van der Waals surface area contributed by atoms with Crippen LogP contribution < -0.4 is 5.32 Å². The van der Waals surface area contributed by atoms with Crippen LogP contribution in [0.5, 0.6) is 0 Å². The van der Waals surface area contributed by atoms with E-state index in [1.807, 2.05) is 35.0 Å². The van der Waals surface area contributed by atoms with Gasteiger partial charge < -0.3 is 15.0 Å². The Hall–Kier alpha value is -2.37. The lowest BCUT2D eigenvalue weighted by atomic mass is 10.1. The normalized spacial score (nSPS) is 22.5. The summed E-state index contributed by atoms with van der Waals surface area (Å²) in [6.07, 6.45) is 4.50. The van der Waals surface area contributed by atoms with E-state index in [1.165, 1.54) is 11.8 Å². The highest BCUT2D eigenvalue weighted by Gasteiger charge is 2.29. The van der Waals surface area contributed by atoms with Crippen LogP contribution in [-0.2, 0) is 25.9 Å². The fourth-order valence-corrected chi connectivity index (χ4v) is 6.75. The maximum atomic E-state index is 12.4. The number of thioether (sulfide) groups is 1. The van der Waals surface area contributed by atoms with E-state index in [0.29, 0.717) is 18.1 Å². The fourth-order valence-electron chi connectivity index (χ4n) is 4.32. The minimum Gasteiger partial charge on any atom is -0.376 e. The van der Waals surface area contributed by atoms with Crippen LogP contribution in [0, 0.1) is 0 Å². The average molecular weight is 476 g/mol. The van der Waals surface area contributed by atoms with Gasteiger partial charge in [-0.05, 0) is 25.3 Å². The molecule has 0 saturated carbocycles. The summed E-state index contributed by atoms with van der Waals surface area (Å²) < 4.78 is 31.1. The molecule has 1 amide bonds. The second kappa shape index (κ2) is 8.87. The van der Waals surface area contributed by atoms with E-state index in [0.717, 1.165) is 41.7 Å². The zero-order valence-corrected chi connectivity index (χ0v) is 19.1. The van der Waals surface area contributed by atoms with Gasteiger partial charge in [0.05, 0.1) is 29.9 Å². The number of ether oxygens (including phenoxy) is 1. The number of nitrogens with zero attached hydrogens (tertiary/aromatic N) is 3. The number of aromatic nitrogens is 4. The summed E-state index contributed by atoms with van der Waals surface area (Å²) in [6, 6.07) is 7.73. The lowest BCUT2D eigenvalue weighted by molar-refractivity contribution is -0.119. The molecule has 1 aromatic carbocycles. The summed E-state index contributed by atoms with van der Waals surface area (Å²) in [5.74, 6) is 0.840. The van der Waals surface area contributed by atoms with E-state index in [2.05, 4.69) is 20.5 Å². The van der Waals surface area contributed by atoms with Crippen LogP contribution in [0.4, 0.5) is 0 Å². The number of hydrogen-bond acceptors (Lipinski definition) is 7. The minimum atomic E-state index is -3.03. The molecule has 170 valence electrons. The highest BCUT2D eigenvalue weighted by molar-refractivity contribution is 7.99. The van der Waals surface area contributed by atoms with Crippen molar-refractivity contribution in [3.63, 3.8) is 0 Å². The number of benzene rings is 1. The molecule has 4 heterocycles. The van der Waals surface area contributed by atoms with Gasteiger partial charge in [0.2, 0.25) is 5.91 Å². The largest absolute Gasteiger partial charge is 0.376 e. The Morgan fingerprint density at radius 1 is 1.28 bits per heavy atom. The van der Waals surface area contributed by atoms with Crippen molar-refractivity contribution in [2.45, 2.75) is 43.1 Å². The van der Waals surface area contributed by atoms with E-state index in [4.69, 9.17) is 4.74 Å². The summed E-state index contributed by atoms with van der Waals surface area (Å²) in [5, 5.41) is 13.4. The molecule has 0 spiro atoms. The van der Waals surface area contributed by atoms with Gasteiger partial charge >= 0.3 is 0 Å². The first-order chi connectivity index (χ1) is 15.5. The highest BCUT2D eigenvalue weighted by atomic mass is 32.2. The van der Waals surface area contributed by atoms with Crippen LogP contribution >= 0.6 is 11.8 Å². The van der Waals surface area contributed by atoms with Gasteiger partial charge in [-0.1, -0.05) is 30.0 Å². The van der Waals surface area contributed by atoms with E-state index < -0.39 is 9.84 Å². The summed E-state index contributed by atoms with van der Waals surface area (Å²) >= 11 is 1.31. The number of H-pyrrole nitrogens is 1. The third-order valence-electron chi connectivity index (χ3n) is 5.89. The van der Waals surface area contributed by atoms with Crippen LogP contribution in [0.15, 0.2) is 35.6 Å². The first-order valence-corrected chi connectivity index (χ1v) is 13.5. The van der Waals surface area contributed by atoms with Crippen molar-refractivity contribution in [1.29, 1.82) is 0 Å². The van der Waals surface area contributed by atoms with Crippen molar-refractivity contribution in [2.24, 2.45) is 0 Å². The number of nitrogens with one attached hydrogen (secondary N) is 2. The summed E-state index contributed by atoms with van der Waals surface area (Å²) in [6.45, 7) is 1.37. The maximum absolute atomic E-state index is 12.4. The quantitative estimate of drug-likeness (QED) is 0.502. The third-order valence-corrected chi connectivity index (χ3v) is 8.62. The van der Waals surface area contributed by atoms with Gasteiger partial charge in [-0.3, -0.25) is 9.36 Å². The number of sulfone groups is 1. The van der Waals surface area contributed by atoms with E-state index in [-0.39, 0.29) is 35.3 Å². The molecule has 2 N–H and O–H groups in total. The third kappa shape index (κ3) is 4.55. The van der Waals surface area contributed by atoms with Gasteiger partial charge in [-0.15, -0.1) is 10.2 Å². The fraction of sp³-hybridized carbons (Fsp3) is 0.476. The maximum Gasteiger partial charge on any atom is 0.230 e. The smallest absolute Gasteiger partial charge is 0.230 e. The summed E-state index contributed by atoms with van der Waals surface area (Å²) in [4.78, 5) is 15.7. The van der Waals surface area contributed by atoms with E-state index in [1.54, 1.807) is 0 Å². The molecule has 32 heavy (non-hydrogen) atoms. The highest BCUT2D eigenvalue weighted by Crippen LogP contribution is 2.31. The van der Waals surface area contributed by atoms with Gasteiger partial charge in [0.15, 0.2) is 20.8 Å². The molecule has 2 unspecified atom stereocenters. The molecule has 0 radical (unpaired) electrons. The molecule has 0 aliphatic carbocycles. The van der Waals surface area contributed by atoms with Gasteiger partial charge in [-0.2, -0.15) is 0 Å². The van der Waals surface area contributed by atoms with Crippen molar-refractivity contribution >= 4 is 38.4 Å². The Morgan fingerprint density at radius 3 is 2.94 bits per heavy atom. The molecule has 2 aliphatic rings. The van der Waals surface area contributed by atoms with Gasteiger partial charge in [0.1, 0.15) is 0 Å². The van der Waals surface area contributed by atoms with E-state index >= 15 is 0 Å². The number of para-hydroxylation sites is 1. The van der Waals surface area contributed by atoms with Gasteiger partial charge in [-0.25, -0.2) is 8.42 Å². The van der Waals surface area contributed by atoms with Crippen LogP contribution in [-0.4, -0.2) is 70.1 Å². The molecule has 11 heteroatoms. The molecule has 2 saturated heterocycles.